The minimum atomic E-state index is 0.552. The van der Waals surface area contributed by atoms with Crippen molar-refractivity contribution in [1.82, 2.24) is 15.0 Å². The van der Waals surface area contributed by atoms with E-state index >= 15 is 0 Å². The molecule has 1 aliphatic heterocycles. The van der Waals surface area contributed by atoms with Gasteiger partial charge in [0.05, 0.1) is 5.02 Å². The summed E-state index contributed by atoms with van der Waals surface area (Å²) in [7, 11) is 0. The van der Waals surface area contributed by atoms with Crippen LogP contribution < -0.4 is 16.0 Å². The van der Waals surface area contributed by atoms with E-state index < -0.39 is 0 Å². The molecule has 110 valence electrons. The smallest absolute Gasteiger partial charge is 0.160 e. The summed E-state index contributed by atoms with van der Waals surface area (Å²) in [6.45, 7) is 1.97. The van der Waals surface area contributed by atoms with Crippen LogP contribution in [0.25, 0.3) is 0 Å². The van der Waals surface area contributed by atoms with Gasteiger partial charge in [-0.3, -0.25) is 0 Å². The van der Waals surface area contributed by atoms with Crippen molar-refractivity contribution in [2.75, 3.05) is 29.0 Å². The SMILES string of the molecule is Nc1c(Nc2ccc(Cl)cn2)ncnc1N1CCCCC1. The van der Waals surface area contributed by atoms with Gasteiger partial charge in [0.1, 0.15) is 17.8 Å². The molecule has 2 aromatic rings. The van der Waals surface area contributed by atoms with Gasteiger partial charge in [-0.1, -0.05) is 11.6 Å². The van der Waals surface area contributed by atoms with Crippen LogP contribution in [0.5, 0.6) is 0 Å². The topological polar surface area (TPSA) is 80.0 Å². The van der Waals surface area contributed by atoms with Gasteiger partial charge in [-0.05, 0) is 31.4 Å². The summed E-state index contributed by atoms with van der Waals surface area (Å²) in [6, 6.07) is 3.55. The number of piperidine rings is 1. The molecule has 3 heterocycles. The van der Waals surface area contributed by atoms with Gasteiger partial charge < -0.3 is 16.0 Å². The third-order valence-electron chi connectivity index (χ3n) is 3.49. The lowest BCUT2D eigenvalue weighted by Gasteiger charge is -2.28. The number of halogens is 1. The van der Waals surface area contributed by atoms with E-state index in [0.29, 0.717) is 22.3 Å². The van der Waals surface area contributed by atoms with Crippen LogP contribution in [0, 0.1) is 0 Å². The van der Waals surface area contributed by atoms with Gasteiger partial charge in [0.2, 0.25) is 0 Å². The predicted molar refractivity (Wildman–Crippen MR) is 85.0 cm³/mol. The molecule has 0 saturated carbocycles. The highest BCUT2D eigenvalue weighted by atomic mass is 35.5. The fourth-order valence-electron chi connectivity index (χ4n) is 2.41. The largest absolute Gasteiger partial charge is 0.393 e. The summed E-state index contributed by atoms with van der Waals surface area (Å²) < 4.78 is 0. The number of nitrogens with one attached hydrogen (secondary N) is 1. The van der Waals surface area contributed by atoms with Gasteiger partial charge in [0, 0.05) is 19.3 Å². The first-order valence-corrected chi connectivity index (χ1v) is 7.36. The minimum absolute atomic E-state index is 0.552. The monoisotopic (exact) mass is 304 g/mol. The first-order chi connectivity index (χ1) is 10.2. The second-order valence-electron chi connectivity index (χ2n) is 4.99. The highest BCUT2D eigenvalue weighted by Gasteiger charge is 2.17. The van der Waals surface area contributed by atoms with Crippen LogP contribution >= 0.6 is 11.6 Å². The molecule has 1 aliphatic rings. The van der Waals surface area contributed by atoms with Crippen LogP contribution in [-0.2, 0) is 0 Å². The van der Waals surface area contributed by atoms with Crippen LogP contribution in [0.15, 0.2) is 24.7 Å². The zero-order chi connectivity index (χ0) is 14.7. The molecule has 21 heavy (non-hydrogen) atoms. The number of pyridine rings is 1. The fourth-order valence-corrected chi connectivity index (χ4v) is 2.53. The molecule has 0 radical (unpaired) electrons. The lowest BCUT2D eigenvalue weighted by Crippen LogP contribution is -2.31. The van der Waals surface area contributed by atoms with Crippen LogP contribution in [0.2, 0.25) is 5.02 Å². The normalized spacial score (nSPS) is 15.0. The summed E-state index contributed by atoms with van der Waals surface area (Å²) in [5, 5.41) is 3.69. The van der Waals surface area contributed by atoms with Gasteiger partial charge in [0.15, 0.2) is 11.6 Å². The molecule has 0 unspecified atom stereocenters. The maximum absolute atomic E-state index is 6.21. The van der Waals surface area contributed by atoms with Crippen molar-refractivity contribution < 1.29 is 0 Å². The van der Waals surface area contributed by atoms with Crippen molar-refractivity contribution in [3.05, 3.63) is 29.7 Å². The molecule has 2 aromatic heterocycles. The Morgan fingerprint density at radius 2 is 1.90 bits per heavy atom. The Kier molecular flexibility index (Phi) is 4.06. The molecule has 3 N–H and O–H groups in total. The third kappa shape index (κ3) is 3.16. The molecule has 6 nitrogen and oxygen atoms in total. The first-order valence-electron chi connectivity index (χ1n) is 6.98. The second-order valence-corrected chi connectivity index (χ2v) is 5.43. The number of hydrogen-bond donors (Lipinski definition) is 2. The number of nitrogen functional groups attached to an aromatic ring is 1. The highest BCUT2D eigenvalue weighted by molar-refractivity contribution is 6.30. The van der Waals surface area contributed by atoms with Gasteiger partial charge in [0.25, 0.3) is 0 Å². The maximum atomic E-state index is 6.21. The van der Waals surface area contributed by atoms with E-state index in [0.717, 1.165) is 18.9 Å². The third-order valence-corrected chi connectivity index (χ3v) is 3.72. The number of hydrogen-bond acceptors (Lipinski definition) is 6. The summed E-state index contributed by atoms with van der Waals surface area (Å²) >= 11 is 5.83. The maximum Gasteiger partial charge on any atom is 0.160 e. The Morgan fingerprint density at radius 1 is 1.10 bits per heavy atom. The van der Waals surface area contributed by atoms with Crippen molar-refractivity contribution in [2.45, 2.75) is 19.3 Å². The minimum Gasteiger partial charge on any atom is -0.393 e. The van der Waals surface area contributed by atoms with Crippen LogP contribution in [0.1, 0.15) is 19.3 Å². The van der Waals surface area contributed by atoms with E-state index in [1.54, 1.807) is 18.3 Å². The Bertz CT molecular complexity index is 609. The van der Waals surface area contributed by atoms with Crippen molar-refractivity contribution >= 4 is 34.7 Å². The molecule has 0 amide bonds. The Labute approximate surface area is 128 Å². The molecule has 0 aliphatic carbocycles. The van der Waals surface area contributed by atoms with Gasteiger partial charge >= 0.3 is 0 Å². The molecule has 0 aromatic carbocycles. The highest BCUT2D eigenvalue weighted by Crippen LogP contribution is 2.29. The van der Waals surface area contributed by atoms with Crippen molar-refractivity contribution in [3.8, 4) is 0 Å². The number of nitrogens with two attached hydrogens (primary N) is 1. The van der Waals surface area contributed by atoms with Crippen molar-refractivity contribution in [1.29, 1.82) is 0 Å². The summed E-state index contributed by atoms with van der Waals surface area (Å²) in [4.78, 5) is 14.9. The molecule has 7 heteroatoms. The zero-order valence-electron chi connectivity index (χ0n) is 11.6. The number of aromatic nitrogens is 3. The lowest BCUT2D eigenvalue weighted by molar-refractivity contribution is 0.574. The molecule has 0 spiro atoms. The lowest BCUT2D eigenvalue weighted by atomic mass is 10.1. The van der Waals surface area contributed by atoms with E-state index in [4.69, 9.17) is 17.3 Å². The Hall–Kier alpha value is -2.08. The van der Waals surface area contributed by atoms with E-state index in [1.807, 2.05) is 0 Å². The summed E-state index contributed by atoms with van der Waals surface area (Å²) in [5.41, 5.74) is 6.76. The molecular formula is C14H17ClN6. The van der Waals surface area contributed by atoms with Gasteiger partial charge in [-0.25, -0.2) is 15.0 Å². The van der Waals surface area contributed by atoms with Crippen molar-refractivity contribution in [2.24, 2.45) is 0 Å². The summed E-state index contributed by atoms with van der Waals surface area (Å²) in [5.74, 6) is 2.01. The average Bonchev–Trinajstić information content (AvgIpc) is 2.52. The number of anilines is 4. The van der Waals surface area contributed by atoms with Crippen molar-refractivity contribution in [3.63, 3.8) is 0 Å². The number of rotatable bonds is 3. The van der Waals surface area contributed by atoms with E-state index in [2.05, 4.69) is 25.2 Å². The van der Waals surface area contributed by atoms with E-state index in [9.17, 15) is 0 Å². The Morgan fingerprint density at radius 3 is 2.62 bits per heavy atom. The molecule has 1 saturated heterocycles. The Balaban J connectivity index is 1.84. The van der Waals surface area contributed by atoms with Gasteiger partial charge in [-0.2, -0.15) is 0 Å². The second kappa shape index (κ2) is 6.13. The number of nitrogens with zero attached hydrogens (tertiary/aromatic N) is 4. The average molecular weight is 305 g/mol. The van der Waals surface area contributed by atoms with E-state index in [-0.39, 0.29) is 0 Å². The predicted octanol–water partition coefficient (Wildman–Crippen LogP) is 2.84. The summed E-state index contributed by atoms with van der Waals surface area (Å²) in [6.07, 6.45) is 6.71. The molecule has 0 bridgehead atoms. The molecule has 0 atom stereocenters. The quantitative estimate of drug-likeness (QED) is 0.907. The molecular weight excluding hydrogens is 288 g/mol. The standard InChI is InChI=1S/C14H17ClN6/c15-10-4-5-11(17-8-10)20-13-12(16)14(19-9-18-13)21-6-2-1-3-7-21/h4-5,8-9H,1-3,6-7,16H2,(H,17,18,19,20). The van der Waals surface area contributed by atoms with Crippen LogP contribution in [0.3, 0.4) is 0 Å². The van der Waals surface area contributed by atoms with E-state index in [1.165, 1.54) is 25.6 Å². The molecule has 3 rings (SSSR count). The van der Waals surface area contributed by atoms with Crippen LogP contribution in [0.4, 0.5) is 23.1 Å². The fraction of sp³-hybridized carbons (Fsp3) is 0.357. The van der Waals surface area contributed by atoms with Gasteiger partial charge in [-0.15, -0.1) is 0 Å². The molecule has 1 fully saturated rings. The zero-order valence-corrected chi connectivity index (χ0v) is 12.3. The van der Waals surface area contributed by atoms with Crippen LogP contribution in [-0.4, -0.2) is 28.0 Å². The first kappa shape index (κ1) is 13.9.